The summed E-state index contributed by atoms with van der Waals surface area (Å²) in [6.07, 6.45) is 6.89. The van der Waals surface area contributed by atoms with Crippen LogP contribution in [-0.2, 0) is 3.07 Å². The molecular weight excluding hydrogens is 517 g/mol. The molecule has 0 aliphatic rings. The topological polar surface area (TPSA) is 63.0 Å². The normalized spacial score (nSPS) is 11.7. The first-order chi connectivity index (χ1) is 16.0. The summed E-state index contributed by atoms with van der Waals surface area (Å²) in [5.41, 5.74) is 4.02. The predicted octanol–water partition coefficient (Wildman–Crippen LogP) is 8.95. The molecule has 0 fully saturated rings. The van der Waals surface area contributed by atoms with Crippen LogP contribution < -0.4 is 5.32 Å². The van der Waals surface area contributed by atoms with Crippen molar-refractivity contribution in [3.63, 3.8) is 0 Å². The van der Waals surface area contributed by atoms with E-state index in [1.807, 2.05) is 56.4 Å². The fourth-order valence-corrected chi connectivity index (χ4v) is 17.1. The summed E-state index contributed by atoms with van der Waals surface area (Å²) in [5, 5.41) is 12.0. The fraction of sp³-hybridized carbons (Fsp3) is 0.519. The first-order valence-electron chi connectivity index (χ1n) is 12.5. The third kappa shape index (κ3) is 8.43. The predicted molar refractivity (Wildman–Crippen MR) is 142 cm³/mol. The van der Waals surface area contributed by atoms with Crippen LogP contribution in [-0.4, -0.2) is 31.8 Å². The fourth-order valence-electron chi connectivity index (χ4n) is 4.11. The number of nitrogens with zero attached hydrogens (tertiary/aromatic N) is 2. The molecule has 0 spiro atoms. The number of hydrogen-bond acceptors (Lipinski definition) is 5. The van der Waals surface area contributed by atoms with Gasteiger partial charge in [-0.25, -0.2) is 0 Å². The van der Waals surface area contributed by atoms with E-state index in [4.69, 9.17) is 3.07 Å². The first-order valence-corrected chi connectivity index (χ1v) is 19.7. The van der Waals surface area contributed by atoms with Gasteiger partial charge in [-0.05, 0) is 0 Å². The summed E-state index contributed by atoms with van der Waals surface area (Å²) in [6.45, 7) is 8.70. The summed E-state index contributed by atoms with van der Waals surface area (Å²) in [5.74, 6) is -0.203. The maximum absolute atomic E-state index is 13.4. The zero-order chi connectivity index (χ0) is 24.1. The van der Waals surface area contributed by atoms with Crippen LogP contribution in [0.2, 0.25) is 13.3 Å². The molecule has 0 aliphatic heterocycles. The van der Waals surface area contributed by atoms with Gasteiger partial charge in [-0.15, -0.1) is 0 Å². The Morgan fingerprint density at radius 2 is 1.52 bits per heavy atom. The van der Waals surface area contributed by atoms with Gasteiger partial charge < -0.3 is 0 Å². The summed E-state index contributed by atoms with van der Waals surface area (Å²) < 4.78 is 9.90. The molecule has 0 amide bonds. The SMILES string of the molecule is CCC[CH2][Sn]([CH2]CCC)([CH2]CCC)[O]C(=O)c1ccccc1N=Nc1ccc(NC)c(C)c1. The van der Waals surface area contributed by atoms with Crippen molar-refractivity contribution in [3.8, 4) is 0 Å². The zero-order valence-electron chi connectivity index (χ0n) is 21.1. The molecule has 0 unspecified atom stereocenters. The van der Waals surface area contributed by atoms with Gasteiger partial charge >= 0.3 is 205 Å². The van der Waals surface area contributed by atoms with Gasteiger partial charge in [0, 0.05) is 0 Å². The van der Waals surface area contributed by atoms with Gasteiger partial charge in [0.1, 0.15) is 0 Å². The Morgan fingerprint density at radius 3 is 2.06 bits per heavy atom. The van der Waals surface area contributed by atoms with Gasteiger partial charge in [0.2, 0.25) is 0 Å². The molecule has 2 rings (SSSR count). The molecule has 2 aromatic carbocycles. The molecular formula is C27H41N3O2Sn. The number of carbonyl (C=O) groups is 1. The molecule has 33 heavy (non-hydrogen) atoms. The average Bonchev–Trinajstić information content (AvgIpc) is 2.83. The van der Waals surface area contributed by atoms with Crippen LogP contribution in [0.15, 0.2) is 52.7 Å². The standard InChI is InChI=1S/C15H15N3O2.3C4H9.Sn/c1-10-9-11(7-8-13(10)16-2)17-18-14-6-4-3-5-12(14)15(19)20;3*1-3-4-2;/h3-9,16H,1-2H3,(H,19,20);3*1,3-4H2,2H3;/q;;;;+1/p-1. The van der Waals surface area contributed by atoms with E-state index in [9.17, 15) is 4.79 Å². The minimum atomic E-state index is -3.06. The number of benzene rings is 2. The second-order valence-corrected chi connectivity index (χ2v) is 20.5. The summed E-state index contributed by atoms with van der Waals surface area (Å²) in [6, 6.07) is 13.3. The molecule has 6 heteroatoms. The van der Waals surface area contributed by atoms with E-state index >= 15 is 0 Å². The monoisotopic (exact) mass is 559 g/mol. The van der Waals surface area contributed by atoms with E-state index in [-0.39, 0.29) is 5.97 Å². The minimum absolute atomic E-state index is 0.203. The van der Waals surface area contributed by atoms with Crippen molar-refractivity contribution < 1.29 is 7.87 Å². The molecule has 0 saturated carbocycles. The Labute approximate surface area is 204 Å². The van der Waals surface area contributed by atoms with Crippen molar-refractivity contribution in [1.82, 2.24) is 0 Å². The van der Waals surface area contributed by atoms with Crippen LogP contribution in [0.1, 0.15) is 75.2 Å². The molecule has 180 valence electrons. The Balaban J connectivity index is 2.29. The van der Waals surface area contributed by atoms with Crippen LogP contribution in [0.4, 0.5) is 17.1 Å². The first kappa shape index (κ1) is 27.4. The molecule has 5 nitrogen and oxygen atoms in total. The van der Waals surface area contributed by atoms with E-state index in [0.29, 0.717) is 11.3 Å². The summed E-state index contributed by atoms with van der Waals surface area (Å²) in [7, 11) is 1.90. The van der Waals surface area contributed by atoms with Crippen molar-refractivity contribution >= 4 is 41.8 Å². The van der Waals surface area contributed by atoms with Gasteiger partial charge in [-0.3, -0.25) is 0 Å². The number of aryl methyl sites for hydroxylation is 1. The van der Waals surface area contributed by atoms with Crippen LogP contribution in [0, 0.1) is 6.92 Å². The molecule has 0 heterocycles. The van der Waals surface area contributed by atoms with Crippen molar-refractivity contribution in [2.75, 3.05) is 12.4 Å². The molecule has 0 radical (unpaired) electrons. The van der Waals surface area contributed by atoms with Gasteiger partial charge in [-0.1, -0.05) is 0 Å². The van der Waals surface area contributed by atoms with E-state index in [1.54, 1.807) is 0 Å². The van der Waals surface area contributed by atoms with Crippen molar-refractivity contribution in [2.24, 2.45) is 10.2 Å². The van der Waals surface area contributed by atoms with Crippen LogP contribution in [0.3, 0.4) is 0 Å². The average molecular weight is 558 g/mol. The number of unbranched alkanes of at least 4 members (excludes halogenated alkanes) is 3. The Morgan fingerprint density at radius 1 is 0.909 bits per heavy atom. The van der Waals surface area contributed by atoms with E-state index < -0.39 is 18.8 Å². The van der Waals surface area contributed by atoms with Crippen LogP contribution in [0.5, 0.6) is 0 Å². The molecule has 0 atom stereocenters. The number of nitrogens with one attached hydrogen (secondary N) is 1. The van der Waals surface area contributed by atoms with Crippen molar-refractivity contribution in [3.05, 3.63) is 53.6 Å². The number of carbonyl (C=O) groups excluding carboxylic acids is 1. The van der Waals surface area contributed by atoms with Crippen LogP contribution >= 0.6 is 0 Å². The molecule has 0 bridgehead atoms. The third-order valence-electron chi connectivity index (χ3n) is 6.14. The number of hydrogen-bond donors (Lipinski definition) is 1. The molecule has 2 aromatic rings. The Bertz CT molecular complexity index is 892. The van der Waals surface area contributed by atoms with E-state index in [2.05, 4.69) is 36.3 Å². The molecule has 0 aromatic heterocycles. The Kier molecular flexibility index (Phi) is 11.9. The quantitative estimate of drug-likeness (QED) is 0.186. The van der Waals surface area contributed by atoms with Crippen LogP contribution in [0.25, 0.3) is 0 Å². The maximum atomic E-state index is 13.4. The molecule has 1 N–H and O–H groups in total. The molecule has 0 aliphatic carbocycles. The van der Waals surface area contributed by atoms with E-state index in [0.717, 1.165) is 68.8 Å². The van der Waals surface area contributed by atoms with Gasteiger partial charge in [0.15, 0.2) is 0 Å². The Hall–Kier alpha value is -1.89. The van der Waals surface area contributed by atoms with E-state index in [1.165, 1.54) is 0 Å². The second kappa shape index (κ2) is 14.4. The van der Waals surface area contributed by atoms with Gasteiger partial charge in [0.25, 0.3) is 0 Å². The third-order valence-corrected chi connectivity index (χ3v) is 18.7. The number of rotatable bonds is 14. The second-order valence-electron chi connectivity index (χ2n) is 8.85. The summed E-state index contributed by atoms with van der Waals surface area (Å²) in [4.78, 5) is 13.4. The molecule has 0 saturated heterocycles. The number of azo groups is 1. The van der Waals surface area contributed by atoms with Gasteiger partial charge in [-0.2, -0.15) is 0 Å². The van der Waals surface area contributed by atoms with Crippen molar-refractivity contribution in [2.45, 2.75) is 79.5 Å². The number of anilines is 1. The van der Waals surface area contributed by atoms with Crippen molar-refractivity contribution in [1.29, 1.82) is 0 Å². The van der Waals surface area contributed by atoms with Gasteiger partial charge in [0.05, 0.1) is 0 Å². The summed E-state index contributed by atoms with van der Waals surface area (Å²) >= 11 is -3.06. The zero-order valence-corrected chi connectivity index (χ0v) is 24.0.